The molecule has 172 valence electrons. The van der Waals surface area contributed by atoms with E-state index >= 15 is 0 Å². The van der Waals surface area contributed by atoms with E-state index < -0.39 is 71.4 Å². The number of halogens is 6. The first-order valence-electron chi connectivity index (χ1n) is 8.94. The van der Waals surface area contributed by atoms with Gasteiger partial charge in [0.25, 0.3) is 11.8 Å². The van der Waals surface area contributed by atoms with Crippen LogP contribution in [0.3, 0.4) is 0 Å². The van der Waals surface area contributed by atoms with Crippen molar-refractivity contribution in [3.05, 3.63) is 70.8 Å². The molecule has 0 unspecified atom stereocenters. The molecule has 3 N–H and O–H groups in total. The molecule has 0 fully saturated rings. The molecule has 2 amide bonds. The summed E-state index contributed by atoms with van der Waals surface area (Å²) in [5.74, 6) is -5.44. The lowest BCUT2D eigenvalue weighted by atomic mass is 10.0. The number of amides is 2. The third-order valence-corrected chi connectivity index (χ3v) is 4.32. The van der Waals surface area contributed by atoms with Crippen molar-refractivity contribution in [2.45, 2.75) is 12.4 Å². The number of carbonyl (C=O) groups excluding carboxylic acids is 2. The monoisotopic (exact) mass is 462 g/mol. The van der Waals surface area contributed by atoms with Gasteiger partial charge in [-0.25, -0.2) is 0 Å². The molecule has 0 spiro atoms. The largest absolute Gasteiger partial charge is 0.481 e. The summed E-state index contributed by atoms with van der Waals surface area (Å²) in [6, 6.07) is 7.72. The molecule has 0 heterocycles. The number of rotatable bonds is 7. The second kappa shape index (κ2) is 9.71. The van der Waals surface area contributed by atoms with E-state index in [9.17, 15) is 45.8 Å². The number of hydrogen-bond donors (Lipinski definition) is 3. The van der Waals surface area contributed by atoms with E-state index in [1.54, 1.807) is 0 Å². The van der Waals surface area contributed by atoms with Gasteiger partial charge in [-0.1, -0.05) is 24.3 Å². The molecular formula is C20H16F6N2O4. The summed E-state index contributed by atoms with van der Waals surface area (Å²) < 4.78 is 78.1. The van der Waals surface area contributed by atoms with E-state index in [2.05, 4.69) is 0 Å². The zero-order chi connectivity index (χ0) is 24.1. The summed E-state index contributed by atoms with van der Waals surface area (Å²) in [6.07, 6.45) is -9.64. The second-order valence-electron chi connectivity index (χ2n) is 6.54. The third-order valence-electron chi connectivity index (χ3n) is 4.32. The zero-order valence-corrected chi connectivity index (χ0v) is 16.1. The number of aliphatic carboxylic acids is 1. The molecule has 0 radical (unpaired) electrons. The Morgan fingerprint density at radius 2 is 1.06 bits per heavy atom. The van der Waals surface area contributed by atoms with Gasteiger partial charge in [0.2, 0.25) is 0 Å². The smallest absolute Gasteiger partial charge is 0.417 e. The maximum Gasteiger partial charge on any atom is 0.417 e. The fraction of sp³-hybridized carbons (Fsp3) is 0.250. The summed E-state index contributed by atoms with van der Waals surface area (Å²) in [6.45, 7) is -1.36. The van der Waals surface area contributed by atoms with E-state index in [-0.39, 0.29) is 0 Å². The van der Waals surface area contributed by atoms with Gasteiger partial charge >= 0.3 is 18.3 Å². The van der Waals surface area contributed by atoms with Crippen LogP contribution >= 0.6 is 0 Å². The lowest BCUT2D eigenvalue weighted by Crippen LogP contribution is -2.41. The van der Waals surface area contributed by atoms with Crippen LogP contribution in [0.25, 0.3) is 0 Å². The van der Waals surface area contributed by atoms with E-state index in [1.807, 2.05) is 10.6 Å². The lowest BCUT2D eigenvalue weighted by molar-refractivity contribution is -0.141. The van der Waals surface area contributed by atoms with Gasteiger partial charge in [0.1, 0.15) is 0 Å². The fourth-order valence-corrected chi connectivity index (χ4v) is 2.73. The number of alkyl halides is 6. The normalized spacial score (nSPS) is 11.8. The Labute approximate surface area is 177 Å². The average molecular weight is 462 g/mol. The summed E-state index contributed by atoms with van der Waals surface area (Å²) in [7, 11) is 0. The van der Waals surface area contributed by atoms with Crippen molar-refractivity contribution in [1.29, 1.82) is 0 Å². The Morgan fingerprint density at radius 1 is 0.719 bits per heavy atom. The van der Waals surface area contributed by atoms with Crippen LogP contribution in [0.2, 0.25) is 0 Å². The standard InChI is InChI=1S/C20H16F6N2O4/c21-19(22,23)14-7-3-1-5-12(14)16(29)27-9-11(18(31)32)10-28-17(30)13-6-2-4-8-15(13)20(24,25)26/h1-8,11H,9-10H2,(H,27,29)(H,28,30)(H,31,32). The Kier molecular flexibility index (Phi) is 7.49. The molecule has 0 aliphatic carbocycles. The summed E-state index contributed by atoms with van der Waals surface area (Å²) in [5, 5.41) is 13.3. The van der Waals surface area contributed by atoms with Crippen molar-refractivity contribution in [1.82, 2.24) is 10.6 Å². The molecule has 2 aromatic carbocycles. The first kappa shape index (κ1) is 24.7. The molecule has 32 heavy (non-hydrogen) atoms. The molecule has 0 bridgehead atoms. The molecule has 12 heteroatoms. The lowest BCUT2D eigenvalue weighted by Gasteiger charge is -2.17. The van der Waals surface area contributed by atoms with Crippen LogP contribution in [0.15, 0.2) is 48.5 Å². The Balaban J connectivity index is 2.07. The third kappa shape index (κ3) is 6.22. The predicted molar refractivity (Wildman–Crippen MR) is 98.7 cm³/mol. The Bertz CT molecular complexity index is 931. The van der Waals surface area contributed by atoms with Crippen molar-refractivity contribution in [2.24, 2.45) is 5.92 Å². The number of hydrogen-bond acceptors (Lipinski definition) is 3. The van der Waals surface area contributed by atoms with Crippen LogP contribution in [0, 0.1) is 5.92 Å². The van der Waals surface area contributed by atoms with Crippen LogP contribution in [0.4, 0.5) is 26.3 Å². The van der Waals surface area contributed by atoms with Crippen molar-refractivity contribution in [3.8, 4) is 0 Å². The summed E-state index contributed by atoms with van der Waals surface area (Å²) in [5.41, 5.74) is -3.90. The number of carboxylic acid groups (broad SMARTS) is 1. The van der Waals surface area contributed by atoms with Gasteiger partial charge in [-0.15, -0.1) is 0 Å². The first-order valence-corrected chi connectivity index (χ1v) is 8.94. The quantitative estimate of drug-likeness (QED) is 0.549. The molecule has 0 aliphatic heterocycles. The van der Waals surface area contributed by atoms with Crippen LogP contribution in [0.5, 0.6) is 0 Å². The minimum absolute atomic E-state index is 0.679. The van der Waals surface area contributed by atoms with Crippen LogP contribution < -0.4 is 10.6 Å². The maximum atomic E-state index is 13.0. The highest BCUT2D eigenvalue weighted by molar-refractivity contribution is 5.97. The SMILES string of the molecule is O=C(NCC(CNC(=O)c1ccccc1C(F)(F)F)C(=O)O)c1ccccc1C(F)(F)F. The van der Waals surface area contributed by atoms with Gasteiger partial charge in [-0.3, -0.25) is 14.4 Å². The number of benzene rings is 2. The average Bonchev–Trinajstić information content (AvgIpc) is 2.71. The number of nitrogens with one attached hydrogen (secondary N) is 2. The van der Waals surface area contributed by atoms with Crippen molar-refractivity contribution >= 4 is 17.8 Å². The van der Waals surface area contributed by atoms with E-state index in [1.165, 1.54) is 12.1 Å². The highest BCUT2D eigenvalue weighted by atomic mass is 19.4. The van der Waals surface area contributed by atoms with Gasteiger partial charge in [0, 0.05) is 13.1 Å². The summed E-state index contributed by atoms with van der Waals surface area (Å²) in [4.78, 5) is 35.7. The van der Waals surface area contributed by atoms with Crippen molar-refractivity contribution in [3.63, 3.8) is 0 Å². The Morgan fingerprint density at radius 3 is 1.38 bits per heavy atom. The second-order valence-corrected chi connectivity index (χ2v) is 6.54. The van der Waals surface area contributed by atoms with Gasteiger partial charge in [0.05, 0.1) is 28.2 Å². The molecular weight excluding hydrogens is 446 g/mol. The molecule has 0 saturated heterocycles. The molecule has 0 saturated carbocycles. The maximum absolute atomic E-state index is 13.0. The van der Waals surface area contributed by atoms with Crippen LogP contribution in [0.1, 0.15) is 31.8 Å². The zero-order valence-electron chi connectivity index (χ0n) is 16.1. The number of carbonyl (C=O) groups is 3. The first-order chi connectivity index (χ1) is 14.8. The van der Waals surface area contributed by atoms with Gasteiger partial charge in [0.15, 0.2) is 0 Å². The molecule has 2 aromatic rings. The fourth-order valence-electron chi connectivity index (χ4n) is 2.73. The predicted octanol–water partition coefficient (Wildman–Crippen LogP) is 3.58. The van der Waals surface area contributed by atoms with Gasteiger partial charge < -0.3 is 15.7 Å². The van der Waals surface area contributed by atoms with Crippen molar-refractivity contribution < 1.29 is 45.8 Å². The van der Waals surface area contributed by atoms with E-state index in [4.69, 9.17) is 0 Å². The summed E-state index contributed by atoms with van der Waals surface area (Å²) >= 11 is 0. The van der Waals surface area contributed by atoms with Gasteiger partial charge in [-0.05, 0) is 24.3 Å². The highest BCUT2D eigenvalue weighted by Gasteiger charge is 2.36. The van der Waals surface area contributed by atoms with Crippen molar-refractivity contribution in [2.75, 3.05) is 13.1 Å². The van der Waals surface area contributed by atoms with Crippen LogP contribution in [-0.4, -0.2) is 36.0 Å². The molecule has 0 aliphatic rings. The molecule has 0 aromatic heterocycles. The van der Waals surface area contributed by atoms with Crippen LogP contribution in [-0.2, 0) is 17.1 Å². The number of carboxylic acids is 1. The molecule has 6 nitrogen and oxygen atoms in total. The highest BCUT2D eigenvalue weighted by Crippen LogP contribution is 2.32. The minimum atomic E-state index is -4.82. The minimum Gasteiger partial charge on any atom is -0.481 e. The molecule has 2 rings (SSSR count). The topological polar surface area (TPSA) is 95.5 Å². The van der Waals surface area contributed by atoms with E-state index in [0.29, 0.717) is 12.1 Å². The van der Waals surface area contributed by atoms with Gasteiger partial charge in [-0.2, -0.15) is 26.3 Å². The Hall–Kier alpha value is -3.57. The van der Waals surface area contributed by atoms with E-state index in [0.717, 1.165) is 24.3 Å². The molecule has 0 atom stereocenters.